The Labute approximate surface area is 136 Å². The summed E-state index contributed by atoms with van der Waals surface area (Å²) in [5.41, 5.74) is 3.88. The van der Waals surface area contributed by atoms with Crippen molar-refractivity contribution in [1.29, 1.82) is 0 Å². The third-order valence-electron chi connectivity index (χ3n) is 3.56. The normalized spacial score (nSPS) is 13.0. The van der Waals surface area contributed by atoms with E-state index in [0.717, 1.165) is 34.5 Å². The van der Waals surface area contributed by atoms with Gasteiger partial charge in [0, 0.05) is 29.2 Å². The predicted molar refractivity (Wildman–Crippen MR) is 86.8 cm³/mol. The Morgan fingerprint density at radius 3 is 2.95 bits per heavy atom. The van der Waals surface area contributed by atoms with Crippen molar-refractivity contribution in [2.45, 2.75) is 19.9 Å². The van der Waals surface area contributed by atoms with Crippen LogP contribution in [0.1, 0.15) is 16.7 Å². The summed E-state index contributed by atoms with van der Waals surface area (Å²) in [6.45, 7) is 3.17. The number of aryl methyl sites for hydroxylation is 1. The molecule has 0 unspecified atom stereocenters. The number of halogens is 3. The van der Waals surface area contributed by atoms with Gasteiger partial charge in [0.15, 0.2) is 0 Å². The van der Waals surface area contributed by atoms with Crippen LogP contribution in [-0.4, -0.2) is 6.61 Å². The summed E-state index contributed by atoms with van der Waals surface area (Å²) in [4.78, 5) is 0. The van der Waals surface area contributed by atoms with Crippen LogP contribution in [0.25, 0.3) is 0 Å². The van der Waals surface area contributed by atoms with Gasteiger partial charge in [0.05, 0.1) is 11.1 Å². The number of fused-ring (bicyclic) bond motifs is 1. The summed E-state index contributed by atoms with van der Waals surface area (Å²) in [6, 6.07) is 7.09. The number of hydrogen-bond acceptors (Lipinski definition) is 2. The number of nitrogens with one attached hydrogen (secondary N) is 1. The minimum absolute atomic E-state index is 0.282. The van der Waals surface area contributed by atoms with E-state index < -0.39 is 0 Å². The van der Waals surface area contributed by atoms with Crippen LogP contribution in [-0.2, 0) is 13.0 Å². The zero-order chi connectivity index (χ0) is 15.0. The highest BCUT2D eigenvalue weighted by Gasteiger charge is 2.17. The van der Waals surface area contributed by atoms with Crippen LogP contribution in [0.3, 0.4) is 0 Å². The van der Waals surface area contributed by atoms with Crippen molar-refractivity contribution in [2.75, 3.05) is 11.9 Å². The molecule has 0 spiro atoms. The lowest BCUT2D eigenvalue weighted by Crippen LogP contribution is -2.03. The fraction of sp³-hybridized carbons (Fsp3) is 0.250. The number of ether oxygens (including phenoxy) is 1. The SMILES string of the molecule is Cc1cc(Br)c(F)cc1NCc1cc(Cl)cc2c1OCC2. The molecule has 0 saturated heterocycles. The van der Waals surface area contributed by atoms with E-state index in [1.165, 1.54) is 6.07 Å². The highest BCUT2D eigenvalue weighted by Crippen LogP contribution is 2.33. The molecule has 0 atom stereocenters. The molecule has 1 aliphatic heterocycles. The quantitative estimate of drug-likeness (QED) is 0.812. The van der Waals surface area contributed by atoms with Crippen LogP contribution < -0.4 is 10.1 Å². The lowest BCUT2D eigenvalue weighted by molar-refractivity contribution is 0.354. The second kappa shape index (κ2) is 5.85. The van der Waals surface area contributed by atoms with Gasteiger partial charge in [0.1, 0.15) is 11.6 Å². The van der Waals surface area contributed by atoms with Crippen LogP contribution in [0.15, 0.2) is 28.7 Å². The van der Waals surface area contributed by atoms with Gasteiger partial charge >= 0.3 is 0 Å². The van der Waals surface area contributed by atoms with Gasteiger partial charge < -0.3 is 10.1 Å². The zero-order valence-corrected chi connectivity index (χ0v) is 13.8. The molecule has 2 aromatic rings. The molecular formula is C16H14BrClFNO. The fourth-order valence-corrected chi connectivity index (χ4v) is 3.23. The minimum atomic E-state index is -0.282. The van der Waals surface area contributed by atoms with Crippen LogP contribution in [0, 0.1) is 12.7 Å². The summed E-state index contributed by atoms with van der Waals surface area (Å²) < 4.78 is 19.8. The number of rotatable bonds is 3. The Kier molecular flexibility index (Phi) is 4.09. The molecule has 2 nitrogen and oxygen atoms in total. The van der Waals surface area contributed by atoms with Crippen molar-refractivity contribution >= 4 is 33.2 Å². The van der Waals surface area contributed by atoms with E-state index in [4.69, 9.17) is 16.3 Å². The molecular weight excluding hydrogens is 357 g/mol. The molecule has 0 radical (unpaired) electrons. The van der Waals surface area contributed by atoms with E-state index in [1.54, 1.807) is 6.07 Å². The lowest BCUT2D eigenvalue weighted by atomic mass is 10.1. The van der Waals surface area contributed by atoms with Crippen LogP contribution >= 0.6 is 27.5 Å². The highest BCUT2D eigenvalue weighted by atomic mass is 79.9. The van der Waals surface area contributed by atoms with Crippen LogP contribution in [0.2, 0.25) is 5.02 Å². The van der Waals surface area contributed by atoms with Gasteiger partial charge in [0.25, 0.3) is 0 Å². The van der Waals surface area contributed by atoms with Gasteiger partial charge in [-0.05, 0) is 58.2 Å². The molecule has 1 N–H and O–H groups in total. The minimum Gasteiger partial charge on any atom is -0.493 e. The Hall–Kier alpha value is -1.26. The number of benzene rings is 2. The molecule has 3 rings (SSSR count). The first-order valence-electron chi connectivity index (χ1n) is 6.68. The Bertz CT molecular complexity index is 705. The topological polar surface area (TPSA) is 21.3 Å². The van der Waals surface area contributed by atoms with E-state index in [1.807, 2.05) is 19.1 Å². The van der Waals surface area contributed by atoms with Gasteiger partial charge in [-0.1, -0.05) is 11.6 Å². The fourth-order valence-electron chi connectivity index (χ4n) is 2.50. The standard InChI is InChI=1S/C16H14BrClFNO/c1-9-4-13(17)14(19)7-15(9)20-8-11-6-12(18)5-10-2-3-21-16(10)11/h4-7,20H,2-3,8H2,1H3. The number of anilines is 1. The van der Waals surface area contributed by atoms with E-state index in [9.17, 15) is 4.39 Å². The van der Waals surface area contributed by atoms with Crippen molar-refractivity contribution in [1.82, 2.24) is 0 Å². The van der Waals surface area contributed by atoms with Gasteiger partial charge in [-0.2, -0.15) is 0 Å². The molecule has 1 heterocycles. The van der Waals surface area contributed by atoms with Crippen molar-refractivity contribution in [3.8, 4) is 5.75 Å². The first kappa shape index (κ1) is 14.7. The highest BCUT2D eigenvalue weighted by molar-refractivity contribution is 9.10. The van der Waals surface area contributed by atoms with Gasteiger partial charge in [-0.3, -0.25) is 0 Å². The first-order valence-corrected chi connectivity index (χ1v) is 7.85. The first-order chi connectivity index (χ1) is 10.0. The molecule has 0 aliphatic carbocycles. The molecule has 0 aromatic heterocycles. The molecule has 0 saturated carbocycles. The molecule has 2 aromatic carbocycles. The van der Waals surface area contributed by atoms with Gasteiger partial charge in [0.2, 0.25) is 0 Å². The second-order valence-electron chi connectivity index (χ2n) is 5.09. The monoisotopic (exact) mass is 369 g/mol. The Morgan fingerprint density at radius 2 is 2.14 bits per heavy atom. The Balaban J connectivity index is 1.84. The lowest BCUT2D eigenvalue weighted by Gasteiger charge is -2.13. The van der Waals surface area contributed by atoms with Gasteiger partial charge in [-0.15, -0.1) is 0 Å². The molecule has 1 aliphatic rings. The van der Waals surface area contributed by atoms with Crippen LogP contribution in [0.5, 0.6) is 5.75 Å². The van der Waals surface area contributed by atoms with E-state index in [0.29, 0.717) is 22.6 Å². The summed E-state index contributed by atoms with van der Waals surface area (Å²) in [6.07, 6.45) is 0.884. The predicted octanol–water partition coefficient (Wildman–Crippen LogP) is 5.10. The average molecular weight is 371 g/mol. The Morgan fingerprint density at radius 1 is 1.33 bits per heavy atom. The molecule has 0 bridgehead atoms. The van der Waals surface area contributed by atoms with Crippen molar-refractivity contribution in [3.63, 3.8) is 0 Å². The molecule has 0 amide bonds. The van der Waals surface area contributed by atoms with E-state index in [2.05, 4.69) is 21.2 Å². The molecule has 21 heavy (non-hydrogen) atoms. The molecule has 0 fully saturated rings. The summed E-state index contributed by atoms with van der Waals surface area (Å²) in [5.74, 6) is 0.623. The van der Waals surface area contributed by atoms with Crippen molar-refractivity contribution in [2.24, 2.45) is 0 Å². The second-order valence-corrected chi connectivity index (χ2v) is 6.38. The third kappa shape index (κ3) is 3.01. The smallest absolute Gasteiger partial charge is 0.139 e. The number of hydrogen-bond donors (Lipinski definition) is 1. The maximum absolute atomic E-state index is 13.6. The van der Waals surface area contributed by atoms with Gasteiger partial charge in [-0.25, -0.2) is 4.39 Å². The molecule has 5 heteroatoms. The maximum Gasteiger partial charge on any atom is 0.139 e. The average Bonchev–Trinajstić information content (AvgIpc) is 2.89. The summed E-state index contributed by atoms with van der Waals surface area (Å²) in [5, 5.41) is 3.96. The maximum atomic E-state index is 13.6. The summed E-state index contributed by atoms with van der Waals surface area (Å²) in [7, 11) is 0. The van der Waals surface area contributed by atoms with Crippen molar-refractivity contribution < 1.29 is 9.13 Å². The van der Waals surface area contributed by atoms with Crippen LogP contribution in [0.4, 0.5) is 10.1 Å². The summed E-state index contributed by atoms with van der Waals surface area (Å²) >= 11 is 9.32. The van der Waals surface area contributed by atoms with Crippen molar-refractivity contribution in [3.05, 3.63) is 56.3 Å². The molecule has 110 valence electrons. The zero-order valence-electron chi connectivity index (χ0n) is 11.5. The van der Waals surface area contributed by atoms with E-state index in [-0.39, 0.29) is 5.82 Å². The van der Waals surface area contributed by atoms with E-state index >= 15 is 0 Å². The largest absolute Gasteiger partial charge is 0.493 e. The third-order valence-corrected chi connectivity index (χ3v) is 4.39.